The van der Waals surface area contributed by atoms with Crippen molar-refractivity contribution in [2.75, 3.05) is 30.4 Å². The molecule has 0 aliphatic carbocycles. The van der Waals surface area contributed by atoms with Crippen molar-refractivity contribution in [3.63, 3.8) is 0 Å². The van der Waals surface area contributed by atoms with E-state index < -0.39 is 10.0 Å². The summed E-state index contributed by atoms with van der Waals surface area (Å²) >= 11 is 0. The maximum absolute atomic E-state index is 11.4. The molecule has 0 unspecified atom stereocenters. The maximum Gasteiger partial charge on any atom is 0.211 e. The number of rotatable bonds is 3. The number of piperidine rings is 1. The van der Waals surface area contributed by atoms with Crippen LogP contribution in [0.5, 0.6) is 0 Å². The molecule has 0 aromatic carbocycles. The quantitative estimate of drug-likeness (QED) is 0.835. The molecule has 3 N–H and O–H groups in total. The molecule has 1 saturated heterocycles. The van der Waals surface area contributed by atoms with Gasteiger partial charge in [0.1, 0.15) is 5.82 Å². The zero-order chi connectivity index (χ0) is 13.2. The van der Waals surface area contributed by atoms with Crippen LogP contribution in [0.15, 0.2) is 18.3 Å². The Kier molecular flexibility index (Phi) is 3.72. The first kappa shape index (κ1) is 13.1. The van der Waals surface area contributed by atoms with Gasteiger partial charge in [0, 0.05) is 37.1 Å². The summed E-state index contributed by atoms with van der Waals surface area (Å²) < 4.78 is 24.3. The van der Waals surface area contributed by atoms with Crippen molar-refractivity contribution in [2.45, 2.75) is 18.9 Å². The molecule has 0 radical (unpaired) electrons. The highest BCUT2D eigenvalue weighted by atomic mass is 32.2. The number of aromatic nitrogens is 1. The van der Waals surface area contributed by atoms with Gasteiger partial charge in [0.15, 0.2) is 0 Å². The van der Waals surface area contributed by atoms with Gasteiger partial charge in [-0.1, -0.05) is 0 Å². The van der Waals surface area contributed by atoms with Gasteiger partial charge in [-0.2, -0.15) is 0 Å². The molecular formula is C11H18N4O2S. The van der Waals surface area contributed by atoms with Crippen molar-refractivity contribution in [1.29, 1.82) is 0 Å². The van der Waals surface area contributed by atoms with Crippen molar-refractivity contribution >= 4 is 21.5 Å². The number of sulfonamides is 1. The molecule has 6 nitrogen and oxygen atoms in total. The number of nitrogens with two attached hydrogens (primary N) is 1. The first-order chi connectivity index (χ1) is 8.45. The topological polar surface area (TPSA) is 88.3 Å². The molecule has 2 rings (SSSR count). The molecule has 1 aliphatic heterocycles. The van der Waals surface area contributed by atoms with Gasteiger partial charge in [-0.15, -0.1) is 0 Å². The summed E-state index contributed by atoms with van der Waals surface area (Å²) in [5, 5.41) is 3.28. The minimum absolute atomic E-state index is 0.247. The van der Waals surface area contributed by atoms with E-state index in [1.807, 2.05) is 0 Å². The summed E-state index contributed by atoms with van der Waals surface area (Å²) in [5.74, 6) is 0.743. The molecule has 100 valence electrons. The second-order valence-corrected chi connectivity index (χ2v) is 6.54. The largest absolute Gasteiger partial charge is 0.399 e. The number of nitrogen functional groups attached to an aromatic ring is 1. The Morgan fingerprint density at radius 2 is 2.11 bits per heavy atom. The van der Waals surface area contributed by atoms with E-state index in [0.717, 1.165) is 18.7 Å². The van der Waals surface area contributed by atoms with Crippen molar-refractivity contribution in [3.8, 4) is 0 Å². The van der Waals surface area contributed by atoms with Gasteiger partial charge >= 0.3 is 0 Å². The number of hydrogen-bond donors (Lipinski definition) is 2. The Morgan fingerprint density at radius 1 is 1.44 bits per heavy atom. The van der Waals surface area contributed by atoms with E-state index in [4.69, 9.17) is 5.73 Å². The van der Waals surface area contributed by atoms with Crippen molar-refractivity contribution in [2.24, 2.45) is 0 Å². The standard InChI is InChI=1S/C11H18N4O2S/c1-18(16,17)15-6-3-10(4-7-15)14-11-8-9(12)2-5-13-11/h2,5,8,10H,3-4,6-7H2,1H3,(H3,12,13,14). The van der Waals surface area contributed by atoms with Gasteiger partial charge in [0.2, 0.25) is 10.0 Å². The van der Waals surface area contributed by atoms with Crippen LogP contribution < -0.4 is 11.1 Å². The van der Waals surface area contributed by atoms with E-state index in [2.05, 4.69) is 10.3 Å². The van der Waals surface area contributed by atoms with Crippen LogP contribution in [0, 0.1) is 0 Å². The van der Waals surface area contributed by atoms with Crippen LogP contribution in [0.3, 0.4) is 0 Å². The van der Waals surface area contributed by atoms with E-state index in [-0.39, 0.29) is 6.04 Å². The highest BCUT2D eigenvalue weighted by molar-refractivity contribution is 7.88. The van der Waals surface area contributed by atoms with Crippen LogP contribution in [0.4, 0.5) is 11.5 Å². The molecule has 1 aromatic rings. The fourth-order valence-corrected chi connectivity index (χ4v) is 2.94. The predicted molar refractivity (Wildman–Crippen MR) is 71.7 cm³/mol. The van der Waals surface area contributed by atoms with E-state index in [1.165, 1.54) is 10.6 Å². The molecule has 0 atom stereocenters. The highest BCUT2D eigenvalue weighted by Crippen LogP contribution is 2.17. The van der Waals surface area contributed by atoms with E-state index >= 15 is 0 Å². The lowest BCUT2D eigenvalue weighted by atomic mass is 10.1. The Hall–Kier alpha value is -1.34. The average molecular weight is 270 g/mol. The summed E-state index contributed by atoms with van der Waals surface area (Å²) in [6.45, 7) is 1.11. The third kappa shape index (κ3) is 3.33. The van der Waals surface area contributed by atoms with Crippen molar-refractivity contribution < 1.29 is 8.42 Å². The smallest absolute Gasteiger partial charge is 0.211 e. The van der Waals surface area contributed by atoms with Crippen molar-refractivity contribution in [1.82, 2.24) is 9.29 Å². The van der Waals surface area contributed by atoms with Crippen LogP contribution >= 0.6 is 0 Å². The molecule has 7 heteroatoms. The second kappa shape index (κ2) is 5.11. The molecule has 0 amide bonds. The summed E-state index contributed by atoms with van der Waals surface area (Å²) in [7, 11) is -3.06. The van der Waals surface area contributed by atoms with E-state index in [9.17, 15) is 8.42 Å². The Labute approximate surface area is 107 Å². The Bertz CT molecular complexity index is 510. The third-order valence-electron chi connectivity index (χ3n) is 3.06. The van der Waals surface area contributed by atoms with Gasteiger partial charge in [-0.05, 0) is 18.9 Å². The molecular weight excluding hydrogens is 252 g/mol. The molecule has 1 fully saturated rings. The van der Waals surface area contributed by atoms with Gasteiger partial charge in [-0.25, -0.2) is 17.7 Å². The number of hydrogen-bond acceptors (Lipinski definition) is 5. The lowest BCUT2D eigenvalue weighted by molar-refractivity contribution is 0.331. The van der Waals surface area contributed by atoms with Gasteiger partial charge in [-0.3, -0.25) is 0 Å². The molecule has 0 bridgehead atoms. The van der Waals surface area contributed by atoms with Crippen LogP contribution in [0.25, 0.3) is 0 Å². The number of anilines is 2. The Morgan fingerprint density at radius 3 is 2.67 bits per heavy atom. The zero-order valence-corrected chi connectivity index (χ0v) is 11.2. The number of nitrogens with one attached hydrogen (secondary N) is 1. The van der Waals surface area contributed by atoms with Crippen LogP contribution in [-0.4, -0.2) is 43.1 Å². The molecule has 0 spiro atoms. The molecule has 2 heterocycles. The molecule has 1 aliphatic rings. The van der Waals surface area contributed by atoms with Gasteiger partial charge in [0.25, 0.3) is 0 Å². The zero-order valence-electron chi connectivity index (χ0n) is 10.3. The molecule has 1 aromatic heterocycles. The molecule has 18 heavy (non-hydrogen) atoms. The van der Waals surface area contributed by atoms with E-state index in [0.29, 0.717) is 18.8 Å². The maximum atomic E-state index is 11.4. The lowest BCUT2D eigenvalue weighted by Crippen LogP contribution is -2.41. The predicted octanol–water partition coefficient (Wildman–Crippen LogP) is 0.500. The van der Waals surface area contributed by atoms with Gasteiger partial charge < -0.3 is 11.1 Å². The summed E-state index contributed by atoms with van der Waals surface area (Å²) in [6, 6.07) is 3.76. The lowest BCUT2D eigenvalue weighted by Gasteiger charge is -2.30. The first-order valence-electron chi connectivity index (χ1n) is 5.88. The van der Waals surface area contributed by atoms with Crippen LogP contribution in [0.2, 0.25) is 0 Å². The minimum atomic E-state index is -3.06. The normalized spacial score (nSPS) is 18.7. The highest BCUT2D eigenvalue weighted by Gasteiger charge is 2.24. The van der Waals surface area contributed by atoms with Crippen LogP contribution in [0.1, 0.15) is 12.8 Å². The van der Waals surface area contributed by atoms with E-state index in [1.54, 1.807) is 18.3 Å². The Balaban J connectivity index is 1.91. The fourth-order valence-electron chi connectivity index (χ4n) is 2.07. The number of pyridine rings is 1. The van der Waals surface area contributed by atoms with Crippen LogP contribution in [-0.2, 0) is 10.0 Å². The summed E-state index contributed by atoms with van der Waals surface area (Å²) in [4.78, 5) is 4.18. The van der Waals surface area contributed by atoms with Crippen molar-refractivity contribution in [3.05, 3.63) is 18.3 Å². The summed E-state index contributed by atoms with van der Waals surface area (Å²) in [6.07, 6.45) is 4.47. The molecule has 0 saturated carbocycles. The third-order valence-corrected chi connectivity index (χ3v) is 4.36. The van der Waals surface area contributed by atoms with Gasteiger partial charge in [0.05, 0.1) is 6.26 Å². The second-order valence-electron chi connectivity index (χ2n) is 4.56. The number of nitrogens with zero attached hydrogens (tertiary/aromatic N) is 2. The monoisotopic (exact) mass is 270 g/mol. The first-order valence-corrected chi connectivity index (χ1v) is 7.73. The SMILES string of the molecule is CS(=O)(=O)N1CCC(Nc2cc(N)ccn2)CC1. The minimum Gasteiger partial charge on any atom is -0.399 e. The fraction of sp³-hybridized carbons (Fsp3) is 0.545. The average Bonchev–Trinajstić information content (AvgIpc) is 2.28. The summed E-state index contributed by atoms with van der Waals surface area (Å²) in [5.41, 5.74) is 6.34.